The molecule has 19 heavy (non-hydrogen) atoms. The molecular weight excluding hydrogens is 266 g/mol. The van der Waals surface area contributed by atoms with Gasteiger partial charge >= 0.3 is 0 Å². The first-order chi connectivity index (χ1) is 9.04. The minimum absolute atomic E-state index is 0.484. The molecule has 0 aliphatic rings. The topological polar surface area (TPSA) is 20.2 Å². The molecule has 2 aromatic rings. The van der Waals surface area contributed by atoms with Crippen molar-refractivity contribution in [3.63, 3.8) is 0 Å². The van der Waals surface area contributed by atoms with Crippen LogP contribution in [-0.2, 0) is 5.75 Å². The molecule has 0 saturated carbocycles. The Kier molecular flexibility index (Phi) is 4.56. The number of halogens is 2. The van der Waals surface area contributed by atoms with Crippen LogP contribution in [0.4, 0.5) is 8.78 Å². The van der Waals surface area contributed by atoms with Crippen LogP contribution in [0.15, 0.2) is 47.4 Å². The second-order valence-corrected chi connectivity index (χ2v) is 5.36. The molecule has 0 aliphatic heterocycles. The Bertz CT molecular complexity index is 550. The summed E-state index contributed by atoms with van der Waals surface area (Å²) >= 11 is 1.48. The lowest BCUT2D eigenvalue weighted by Gasteiger charge is -2.07. The number of aliphatic hydroxyl groups is 1. The van der Waals surface area contributed by atoms with Crippen molar-refractivity contribution in [3.05, 3.63) is 65.2 Å². The summed E-state index contributed by atoms with van der Waals surface area (Å²) in [6, 6.07) is 11.0. The highest BCUT2D eigenvalue weighted by Gasteiger charge is 2.04. The number of thioether (sulfide) groups is 1. The van der Waals surface area contributed by atoms with Crippen molar-refractivity contribution in [2.45, 2.75) is 23.7 Å². The largest absolute Gasteiger partial charge is 0.389 e. The van der Waals surface area contributed by atoms with Gasteiger partial charge in [-0.05, 0) is 42.3 Å². The fourth-order valence-corrected chi connectivity index (χ4v) is 2.62. The maximum atomic E-state index is 13.0. The molecule has 0 aromatic heterocycles. The molecule has 0 amide bonds. The second kappa shape index (κ2) is 6.17. The average molecular weight is 280 g/mol. The van der Waals surface area contributed by atoms with Crippen molar-refractivity contribution in [2.75, 3.05) is 0 Å². The number of aliphatic hydroxyl groups excluding tert-OH is 1. The van der Waals surface area contributed by atoms with Crippen molar-refractivity contribution < 1.29 is 13.9 Å². The molecule has 1 unspecified atom stereocenters. The highest BCUT2D eigenvalue weighted by Crippen LogP contribution is 2.26. The predicted molar refractivity (Wildman–Crippen MR) is 73.0 cm³/mol. The molecule has 1 nitrogen and oxygen atoms in total. The lowest BCUT2D eigenvalue weighted by molar-refractivity contribution is 0.199. The van der Waals surface area contributed by atoms with E-state index in [1.54, 1.807) is 6.92 Å². The number of hydrogen-bond acceptors (Lipinski definition) is 2. The van der Waals surface area contributed by atoms with Crippen LogP contribution in [-0.4, -0.2) is 5.11 Å². The van der Waals surface area contributed by atoms with Crippen LogP contribution >= 0.6 is 11.8 Å². The molecule has 0 saturated heterocycles. The van der Waals surface area contributed by atoms with Gasteiger partial charge in [-0.1, -0.05) is 12.1 Å². The molecular formula is C15H14F2OS. The molecule has 0 fully saturated rings. The monoisotopic (exact) mass is 280 g/mol. The summed E-state index contributed by atoms with van der Waals surface area (Å²) in [7, 11) is 0. The van der Waals surface area contributed by atoms with Crippen LogP contribution < -0.4 is 0 Å². The fraction of sp³-hybridized carbons (Fsp3) is 0.200. The van der Waals surface area contributed by atoms with E-state index in [0.29, 0.717) is 11.3 Å². The van der Waals surface area contributed by atoms with Crippen LogP contribution in [0.5, 0.6) is 0 Å². The maximum Gasteiger partial charge on any atom is 0.126 e. The van der Waals surface area contributed by atoms with Gasteiger partial charge in [0.15, 0.2) is 0 Å². The first-order valence-electron chi connectivity index (χ1n) is 5.90. The SMILES string of the molecule is CC(O)c1cccc(SCc2cc(F)cc(F)c2)c1. The van der Waals surface area contributed by atoms with E-state index in [1.807, 2.05) is 24.3 Å². The van der Waals surface area contributed by atoms with Crippen LogP contribution in [0.25, 0.3) is 0 Å². The third kappa shape index (κ3) is 4.04. The second-order valence-electron chi connectivity index (χ2n) is 4.31. The molecule has 0 bridgehead atoms. The zero-order valence-corrected chi connectivity index (χ0v) is 11.3. The van der Waals surface area contributed by atoms with E-state index in [4.69, 9.17) is 0 Å². The van der Waals surface area contributed by atoms with Gasteiger partial charge in [-0.25, -0.2) is 8.78 Å². The zero-order chi connectivity index (χ0) is 13.8. The molecule has 100 valence electrons. The molecule has 2 rings (SSSR count). The van der Waals surface area contributed by atoms with Gasteiger partial charge in [-0.2, -0.15) is 0 Å². The van der Waals surface area contributed by atoms with Crippen LogP contribution in [0.2, 0.25) is 0 Å². The Morgan fingerprint density at radius 2 is 1.79 bits per heavy atom. The number of benzene rings is 2. The van der Waals surface area contributed by atoms with Crippen LogP contribution in [0.1, 0.15) is 24.2 Å². The van der Waals surface area contributed by atoms with E-state index in [2.05, 4.69) is 0 Å². The highest BCUT2D eigenvalue weighted by atomic mass is 32.2. The van der Waals surface area contributed by atoms with Gasteiger partial charge in [0.05, 0.1) is 6.10 Å². The lowest BCUT2D eigenvalue weighted by Crippen LogP contribution is -1.91. The third-order valence-electron chi connectivity index (χ3n) is 2.67. The van der Waals surface area contributed by atoms with Crippen molar-refractivity contribution in [3.8, 4) is 0 Å². The smallest absolute Gasteiger partial charge is 0.126 e. The Labute approximate surface area is 115 Å². The number of rotatable bonds is 4. The molecule has 0 radical (unpaired) electrons. The summed E-state index contributed by atoms with van der Waals surface area (Å²) < 4.78 is 26.1. The van der Waals surface area contributed by atoms with Crippen LogP contribution in [0.3, 0.4) is 0 Å². The van der Waals surface area contributed by atoms with E-state index in [1.165, 1.54) is 23.9 Å². The summed E-state index contributed by atoms with van der Waals surface area (Å²) in [6.07, 6.45) is -0.521. The van der Waals surface area contributed by atoms with Crippen LogP contribution in [0, 0.1) is 11.6 Å². The van der Waals surface area contributed by atoms with Gasteiger partial charge in [-0.15, -0.1) is 11.8 Å². The van der Waals surface area contributed by atoms with Crippen molar-refractivity contribution in [1.82, 2.24) is 0 Å². The van der Waals surface area contributed by atoms with E-state index in [-0.39, 0.29) is 0 Å². The van der Waals surface area contributed by atoms with E-state index < -0.39 is 17.7 Å². The predicted octanol–water partition coefficient (Wildman–Crippen LogP) is 4.31. The molecule has 0 spiro atoms. The summed E-state index contributed by atoms with van der Waals surface area (Å²) in [5.41, 5.74) is 1.43. The fourth-order valence-electron chi connectivity index (χ4n) is 1.73. The van der Waals surface area contributed by atoms with Gasteiger partial charge < -0.3 is 5.11 Å². The minimum Gasteiger partial charge on any atom is -0.389 e. The third-order valence-corrected chi connectivity index (χ3v) is 3.73. The molecule has 4 heteroatoms. The molecule has 2 aromatic carbocycles. The van der Waals surface area contributed by atoms with E-state index in [9.17, 15) is 13.9 Å². The summed E-state index contributed by atoms with van der Waals surface area (Å²) in [5.74, 6) is -0.639. The average Bonchev–Trinajstić information content (AvgIpc) is 2.35. The normalized spacial score (nSPS) is 12.4. The Balaban J connectivity index is 2.07. The lowest BCUT2D eigenvalue weighted by atomic mass is 10.1. The Morgan fingerprint density at radius 1 is 1.11 bits per heavy atom. The number of hydrogen-bond donors (Lipinski definition) is 1. The van der Waals surface area contributed by atoms with E-state index in [0.717, 1.165) is 16.5 Å². The first-order valence-corrected chi connectivity index (χ1v) is 6.89. The van der Waals surface area contributed by atoms with Crippen molar-refractivity contribution >= 4 is 11.8 Å². The summed E-state index contributed by atoms with van der Waals surface area (Å²) in [4.78, 5) is 0.961. The van der Waals surface area contributed by atoms with Gasteiger partial charge in [0.25, 0.3) is 0 Å². The van der Waals surface area contributed by atoms with Gasteiger partial charge in [0, 0.05) is 16.7 Å². The quantitative estimate of drug-likeness (QED) is 0.842. The molecule has 0 heterocycles. The Hall–Kier alpha value is -1.39. The molecule has 1 atom stereocenters. The zero-order valence-electron chi connectivity index (χ0n) is 10.4. The van der Waals surface area contributed by atoms with Gasteiger partial charge in [-0.3, -0.25) is 0 Å². The van der Waals surface area contributed by atoms with Crippen molar-refractivity contribution in [2.24, 2.45) is 0 Å². The highest BCUT2D eigenvalue weighted by molar-refractivity contribution is 7.98. The summed E-state index contributed by atoms with van der Waals surface area (Å²) in [5, 5.41) is 9.50. The molecule has 0 aliphatic carbocycles. The maximum absolute atomic E-state index is 13.0. The first kappa shape index (κ1) is 14.0. The van der Waals surface area contributed by atoms with Gasteiger partial charge in [0.2, 0.25) is 0 Å². The summed E-state index contributed by atoms with van der Waals surface area (Å²) in [6.45, 7) is 1.70. The minimum atomic E-state index is -0.562. The standard InChI is InChI=1S/C15H14F2OS/c1-10(18)12-3-2-4-15(7-12)19-9-11-5-13(16)8-14(17)6-11/h2-8,10,18H,9H2,1H3. The van der Waals surface area contributed by atoms with Crippen molar-refractivity contribution in [1.29, 1.82) is 0 Å². The molecule has 1 N–H and O–H groups in total. The van der Waals surface area contributed by atoms with Gasteiger partial charge in [0.1, 0.15) is 11.6 Å². The Morgan fingerprint density at radius 3 is 2.42 bits per heavy atom. The van der Waals surface area contributed by atoms with E-state index >= 15 is 0 Å².